The SMILES string of the molecule is Cc1ccc(NC(=O)C2CC2c2ccccc2Cl)c(Br)c1. The summed E-state index contributed by atoms with van der Waals surface area (Å²) in [6.07, 6.45) is 0.860. The molecule has 1 aliphatic rings. The lowest BCUT2D eigenvalue weighted by atomic mass is 10.1. The number of aryl methyl sites for hydroxylation is 1. The van der Waals surface area contributed by atoms with Gasteiger partial charge >= 0.3 is 0 Å². The van der Waals surface area contributed by atoms with Gasteiger partial charge in [0.15, 0.2) is 0 Å². The molecule has 0 aliphatic heterocycles. The zero-order chi connectivity index (χ0) is 15.0. The third kappa shape index (κ3) is 3.14. The van der Waals surface area contributed by atoms with E-state index in [9.17, 15) is 4.79 Å². The van der Waals surface area contributed by atoms with E-state index in [2.05, 4.69) is 21.2 Å². The van der Waals surface area contributed by atoms with Crippen LogP contribution in [0.15, 0.2) is 46.9 Å². The molecule has 0 aromatic heterocycles. The second-order valence-electron chi connectivity index (χ2n) is 5.44. The van der Waals surface area contributed by atoms with Crippen LogP contribution in [0.5, 0.6) is 0 Å². The van der Waals surface area contributed by atoms with Crippen LogP contribution in [0.25, 0.3) is 0 Å². The Kier molecular flexibility index (Phi) is 4.05. The number of halogens is 2. The maximum atomic E-state index is 12.3. The molecule has 3 rings (SSSR count). The summed E-state index contributed by atoms with van der Waals surface area (Å²) >= 11 is 9.67. The van der Waals surface area contributed by atoms with Crippen molar-refractivity contribution < 1.29 is 4.79 Å². The van der Waals surface area contributed by atoms with Crippen molar-refractivity contribution in [3.05, 3.63) is 63.1 Å². The fourth-order valence-corrected chi connectivity index (χ4v) is 3.42. The van der Waals surface area contributed by atoms with E-state index in [1.165, 1.54) is 0 Å². The van der Waals surface area contributed by atoms with Crippen molar-refractivity contribution in [3.63, 3.8) is 0 Å². The Morgan fingerprint density at radius 2 is 2.05 bits per heavy atom. The number of carbonyl (C=O) groups excluding carboxylic acids is 1. The molecular formula is C17H15BrClNO. The summed E-state index contributed by atoms with van der Waals surface area (Å²) in [5.74, 6) is 0.311. The first kappa shape index (κ1) is 14.6. The minimum atomic E-state index is 0.0121. The van der Waals surface area contributed by atoms with Crippen molar-refractivity contribution in [1.82, 2.24) is 0 Å². The zero-order valence-electron chi connectivity index (χ0n) is 11.6. The summed E-state index contributed by atoms with van der Waals surface area (Å²) in [5.41, 5.74) is 3.04. The van der Waals surface area contributed by atoms with E-state index in [0.29, 0.717) is 0 Å². The topological polar surface area (TPSA) is 29.1 Å². The molecule has 0 bridgehead atoms. The summed E-state index contributed by atoms with van der Waals surface area (Å²) in [6, 6.07) is 13.7. The van der Waals surface area contributed by atoms with Gasteiger partial charge in [0.1, 0.15) is 0 Å². The Labute approximate surface area is 137 Å². The molecule has 0 radical (unpaired) electrons. The van der Waals surface area contributed by atoms with Gasteiger partial charge in [0.2, 0.25) is 5.91 Å². The van der Waals surface area contributed by atoms with Crippen LogP contribution < -0.4 is 5.32 Å². The quantitative estimate of drug-likeness (QED) is 0.801. The van der Waals surface area contributed by atoms with Crippen molar-refractivity contribution in [2.24, 2.45) is 5.92 Å². The number of rotatable bonds is 3. The number of hydrogen-bond donors (Lipinski definition) is 1. The highest BCUT2D eigenvalue weighted by Crippen LogP contribution is 2.50. The number of hydrogen-bond acceptors (Lipinski definition) is 1. The normalized spacial score (nSPS) is 20.1. The first-order valence-corrected chi connectivity index (χ1v) is 8.05. The molecule has 4 heteroatoms. The van der Waals surface area contributed by atoms with Crippen LogP contribution >= 0.6 is 27.5 Å². The molecule has 1 saturated carbocycles. The predicted molar refractivity (Wildman–Crippen MR) is 89.8 cm³/mol. The predicted octanol–water partition coefficient (Wildman–Crippen LogP) is 5.15. The minimum Gasteiger partial charge on any atom is -0.325 e. The highest BCUT2D eigenvalue weighted by molar-refractivity contribution is 9.10. The molecule has 108 valence electrons. The fraction of sp³-hybridized carbons (Fsp3) is 0.235. The maximum absolute atomic E-state index is 12.3. The molecule has 1 fully saturated rings. The van der Waals surface area contributed by atoms with Gasteiger partial charge in [-0.15, -0.1) is 0 Å². The molecule has 2 atom stereocenters. The zero-order valence-corrected chi connectivity index (χ0v) is 13.9. The van der Waals surface area contributed by atoms with E-state index in [-0.39, 0.29) is 17.7 Å². The molecular weight excluding hydrogens is 350 g/mol. The lowest BCUT2D eigenvalue weighted by Crippen LogP contribution is -2.15. The Morgan fingerprint density at radius 3 is 2.76 bits per heavy atom. The van der Waals surface area contributed by atoms with Gasteiger partial charge in [-0.05, 0) is 64.5 Å². The van der Waals surface area contributed by atoms with Gasteiger partial charge in [-0.25, -0.2) is 0 Å². The van der Waals surface area contributed by atoms with E-state index in [4.69, 9.17) is 11.6 Å². The number of benzene rings is 2. The van der Waals surface area contributed by atoms with Crippen LogP contribution in [0.2, 0.25) is 5.02 Å². The largest absolute Gasteiger partial charge is 0.325 e. The van der Waals surface area contributed by atoms with E-state index in [0.717, 1.165) is 32.7 Å². The Balaban J connectivity index is 1.70. The maximum Gasteiger partial charge on any atom is 0.228 e. The van der Waals surface area contributed by atoms with Crippen LogP contribution in [0, 0.1) is 12.8 Å². The van der Waals surface area contributed by atoms with Crippen LogP contribution in [-0.4, -0.2) is 5.91 Å². The van der Waals surface area contributed by atoms with Crippen molar-refractivity contribution in [1.29, 1.82) is 0 Å². The van der Waals surface area contributed by atoms with E-state index in [1.54, 1.807) is 0 Å². The van der Waals surface area contributed by atoms with Gasteiger partial charge in [0.05, 0.1) is 5.69 Å². The van der Waals surface area contributed by atoms with E-state index >= 15 is 0 Å². The van der Waals surface area contributed by atoms with Crippen LogP contribution in [0.1, 0.15) is 23.5 Å². The number of nitrogens with one attached hydrogen (secondary N) is 1. The number of anilines is 1. The molecule has 2 aromatic carbocycles. The Hall–Kier alpha value is -1.32. The molecule has 0 spiro atoms. The van der Waals surface area contributed by atoms with Crippen molar-refractivity contribution >= 4 is 39.1 Å². The second-order valence-corrected chi connectivity index (χ2v) is 6.70. The summed E-state index contributed by atoms with van der Waals surface area (Å²) in [7, 11) is 0. The molecule has 1 aliphatic carbocycles. The minimum absolute atomic E-state index is 0.0121. The second kappa shape index (κ2) is 5.82. The summed E-state index contributed by atoms with van der Waals surface area (Å²) in [6.45, 7) is 2.02. The number of amides is 1. The van der Waals surface area contributed by atoms with Gasteiger partial charge < -0.3 is 5.32 Å². The molecule has 0 saturated heterocycles. The smallest absolute Gasteiger partial charge is 0.228 e. The summed E-state index contributed by atoms with van der Waals surface area (Å²) in [5, 5.41) is 3.73. The molecule has 21 heavy (non-hydrogen) atoms. The highest BCUT2D eigenvalue weighted by atomic mass is 79.9. The average molecular weight is 365 g/mol. The van der Waals surface area contributed by atoms with E-state index < -0.39 is 0 Å². The van der Waals surface area contributed by atoms with Crippen LogP contribution in [-0.2, 0) is 4.79 Å². The van der Waals surface area contributed by atoms with Gasteiger partial charge in [0, 0.05) is 15.4 Å². The summed E-state index contributed by atoms with van der Waals surface area (Å²) in [4.78, 5) is 12.3. The van der Waals surface area contributed by atoms with Crippen molar-refractivity contribution in [2.75, 3.05) is 5.32 Å². The van der Waals surface area contributed by atoms with Crippen LogP contribution in [0.4, 0.5) is 5.69 Å². The molecule has 2 nitrogen and oxygen atoms in total. The van der Waals surface area contributed by atoms with Gasteiger partial charge in [-0.3, -0.25) is 4.79 Å². The highest BCUT2D eigenvalue weighted by Gasteiger charge is 2.44. The molecule has 2 unspecified atom stereocenters. The average Bonchev–Trinajstić information content (AvgIpc) is 3.23. The Bertz CT molecular complexity index is 701. The third-order valence-electron chi connectivity index (χ3n) is 3.81. The third-order valence-corrected chi connectivity index (χ3v) is 4.81. The van der Waals surface area contributed by atoms with Crippen molar-refractivity contribution in [3.8, 4) is 0 Å². The lowest BCUT2D eigenvalue weighted by molar-refractivity contribution is -0.117. The van der Waals surface area contributed by atoms with Crippen molar-refractivity contribution in [2.45, 2.75) is 19.3 Å². The Morgan fingerprint density at radius 1 is 1.29 bits per heavy atom. The first-order valence-electron chi connectivity index (χ1n) is 6.87. The molecule has 1 amide bonds. The summed E-state index contributed by atoms with van der Waals surface area (Å²) < 4.78 is 0.908. The number of carbonyl (C=O) groups is 1. The van der Waals surface area contributed by atoms with Gasteiger partial charge in [-0.2, -0.15) is 0 Å². The van der Waals surface area contributed by atoms with Crippen LogP contribution in [0.3, 0.4) is 0 Å². The molecule has 2 aromatic rings. The standard InChI is InChI=1S/C17H15BrClNO/c1-10-6-7-16(14(18)8-10)20-17(21)13-9-12(13)11-4-2-3-5-15(11)19/h2-8,12-13H,9H2,1H3,(H,20,21). The van der Waals surface area contributed by atoms with E-state index in [1.807, 2.05) is 49.4 Å². The molecule has 0 heterocycles. The monoisotopic (exact) mass is 363 g/mol. The first-order chi connectivity index (χ1) is 10.1. The van der Waals surface area contributed by atoms with Gasteiger partial charge in [-0.1, -0.05) is 35.9 Å². The fourth-order valence-electron chi connectivity index (χ4n) is 2.55. The molecule has 1 N–H and O–H groups in total. The van der Waals surface area contributed by atoms with Gasteiger partial charge in [0.25, 0.3) is 0 Å². The lowest BCUT2D eigenvalue weighted by Gasteiger charge is -2.08.